The zero-order valence-electron chi connectivity index (χ0n) is 9.64. The van der Waals surface area contributed by atoms with Gasteiger partial charge in [0.05, 0.1) is 5.02 Å². The summed E-state index contributed by atoms with van der Waals surface area (Å²) in [4.78, 5) is -0.484. The van der Waals surface area contributed by atoms with Crippen LogP contribution in [0.3, 0.4) is 0 Å². The molecule has 0 nitrogen and oxygen atoms in total. The molecule has 0 aliphatic carbocycles. The molecule has 2 aromatic rings. The molecule has 2 rings (SSSR count). The van der Waals surface area contributed by atoms with Crippen LogP contribution in [-0.4, -0.2) is 0 Å². The highest BCUT2D eigenvalue weighted by Gasteiger charge is 2.18. The van der Waals surface area contributed by atoms with E-state index < -0.39 is 22.3 Å². The van der Waals surface area contributed by atoms with Gasteiger partial charge in [0.15, 0.2) is 11.6 Å². The molecule has 19 heavy (non-hydrogen) atoms. The first-order valence-electron chi connectivity index (χ1n) is 5.51. The number of hydrogen-bond acceptors (Lipinski definition) is 0. The van der Waals surface area contributed by atoms with Crippen LogP contribution in [-0.2, 0) is 6.42 Å². The topological polar surface area (TPSA) is 0 Å². The molecule has 0 spiro atoms. The summed E-state index contributed by atoms with van der Waals surface area (Å²) in [6.07, 6.45) is 0.126. The lowest BCUT2D eigenvalue weighted by molar-refractivity contribution is 0.498. The lowest BCUT2D eigenvalue weighted by Crippen LogP contribution is -2.02. The summed E-state index contributed by atoms with van der Waals surface area (Å²) in [5.74, 6) is -2.37. The van der Waals surface area contributed by atoms with Gasteiger partial charge in [0.1, 0.15) is 5.82 Å². The van der Waals surface area contributed by atoms with E-state index in [4.69, 9.17) is 11.6 Å². The lowest BCUT2D eigenvalue weighted by atomic mass is 10.0. The molecule has 0 radical (unpaired) electrons. The van der Waals surface area contributed by atoms with Crippen LogP contribution >= 0.6 is 27.5 Å². The van der Waals surface area contributed by atoms with Gasteiger partial charge < -0.3 is 0 Å². The van der Waals surface area contributed by atoms with E-state index in [1.807, 2.05) is 0 Å². The Morgan fingerprint density at radius 1 is 1.00 bits per heavy atom. The van der Waals surface area contributed by atoms with Gasteiger partial charge in [0.2, 0.25) is 0 Å². The van der Waals surface area contributed by atoms with Gasteiger partial charge >= 0.3 is 0 Å². The highest BCUT2D eigenvalue weighted by Crippen LogP contribution is 2.32. The monoisotopic (exact) mass is 348 g/mol. The van der Waals surface area contributed by atoms with Crippen molar-refractivity contribution < 1.29 is 13.2 Å². The third-order valence-corrected chi connectivity index (χ3v) is 3.86. The zero-order valence-corrected chi connectivity index (χ0v) is 12.0. The van der Waals surface area contributed by atoms with Crippen molar-refractivity contribution in [1.29, 1.82) is 0 Å². The van der Waals surface area contributed by atoms with Gasteiger partial charge in [-0.15, -0.1) is 0 Å². The summed E-state index contributed by atoms with van der Waals surface area (Å²) in [7, 11) is 0. The van der Waals surface area contributed by atoms with Crippen molar-refractivity contribution in [3.05, 3.63) is 70.0 Å². The Morgan fingerprint density at radius 2 is 1.68 bits per heavy atom. The van der Waals surface area contributed by atoms with Gasteiger partial charge in [0.25, 0.3) is 0 Å². The molecule has 0 fully saturated rings. The third kappa shape index (κ3) is 3.12. The number of halogens is 5. The van der Waals surface area contributed by atoms with E-state index in [9.17, 15) is 13.2 Å². The fourth-order valence-corrected chi connectivity index (χ4v) is 2.66. The second-order valence-corrected chi connectivity index (χ2v) is 5.54. The average Bonchev–Trinajstić information content (AvgIpc) is 2.38. The number of benzene rings is 2. The Hall–Kier alpha value is -1.00. The van der Waals surface area contributed by atoms with Crippen LogP contribution in [0.2, 0.25) is 5.02 Å². The molecule has 1 unspecified atom stereocenters. The highest BCUT2D eigenvalue weighted by molar-refractivity contribution is 9.09. The predicted molar refractivity (Wildman–Crippen MR) is 73.1 cm³/mol. The van der Waals surface area contributed by atoms with Gasteiger partial charge in [-0.25, -0.2) is 13.2 Å². The van der Waals surface area contributed by atoms with Crippen LogP contribution in [0.5, 0.6) is 0 Å². The van der Waals surface area contributed by atoms with Crippen molar-refractivity contribution in [3.8, 4) is 0 Å². The second-order valence-electron chi connectivity index (χ2n) is 4.03. The Balaban J connectivity index is 2.28. The first-order valence-corrected chi connectivity index (χ1v) is 6.81. The first-order chi connectivity index (χ1) is 9.00. The first kappa shape index (κ1) is 14.4. The van der Waals surface area contributed by atoms with E-state index in [0.717, 1.165) is 6.07 Å². The summed E-state index contributed by atoms with van der Waals surface area (Å²) in [6.45, 7) is 0. The van der Waals surface area contributed by atoms with E-state index >= 15 is 0 Å². The lowest BCUT2D eigenvalue weighted by Gasteiger charge is -2.12. The van der Waals surface area contributed by atoms with Crippen LogP contribution in [0.15, 0.2) is 36.4 Å². The maximum atomic E-state index is 13.8. The van der Waals surface area contributed by atoms with Crippen molar-refractivity contribution in [2.24, 2.45) is 0 Å². The summed E-state index contributed by atoms with van der Waals surface area (Å²) in [5.41, 5.74) is 0.498. The molecule has 0 bridgehead atoms. The molecule has 1 atom stereocenters. The number of rotatable bonds is 3. The molecule has 0 aromatic heterocycles. The molecule has 5 heteroatoms. The SMILES string of the molecule is Fc1cccc(CC(Br)c2cccc(Cl)c2F)c1F. The van der Waals surface area contributed by atoms with Crippen molar-refractivity contribution in [2.45, 2.75) is 11.2 Å². The van der Waals surface area contributed by atoms with Gasteiger partial charge in [-0.1, -0.05) is 51.8 Å². The summed E-state index contributed by atoms with van der Waals surface area (Å²) in [5, 5.41) is 0.00154. The van der Waals surface area contributed by atoms with E-state index in [2.05, 4.69) is 15.9 Å². The Morgan fingerprint density at radius 3 is 2.42 bits per heavy atom. The summed E-state index contributed by atoms with van der Waals surface area (Å²) >= 11 is 8.97. The van der Waals surface area contributed by atoms with Crippen molar-refractivity contribution in [2.75, 3.05) is 0 Å². The predicted octanol–water partition coefficient (Wildman–Crippen LogP) is 5.44. The van der Waals surface area contributed by atoms with E-state index in [-0.39, 0.29) is 17.0 Å². The minimum Gasteiger partial charge on any atom is -0.205 e. The fraction of sp³-hybridized carbons (Fsp3) is 0.143. The van der Waals surface area contributed by atoms with Crippen LogP contribution in [0.25, 0.3) is 0 Å². The standard InChI is InChI=1S/C14H9BrClF3/c15-10(9-4-2-5-11(16)14(9)19)7-8-3-1-6-12(17)13(8)18/h1-6,10H,7H2. The Bertz CT molecular complexity index is 601. The average molecular weight is 350 g/mol. The smallest absolute Gasteiger partial charge is 0.162 e. The molecule has 0 heterocycles. The Labute approximate surface area is 122 Å². The number of alkyl halides is 1. The van der Waals surface area contributed by atoms with Crippen molar-refractivity contribution in [1.82, 2.24) is 0 Å². The maximum absolute atomic E-state index is 13.8. The maximum Gasteiger partial charge on any atom is 0.162 e. The fourth-order valence-electron chi connectivity index (χ4n) is 1.77. The molecule has 0 saturated heterocycles. The number of hydrogen-bond donors (Lipinski definition) is 0. The van der Waals surface area contributed by atoms with E-state index in [1.165, 1.54) is 18.2 Å². The molecule has 100 valence electrons. The van der Waals surface area contributed by atoms with Crippen LogP contribution in [0.1, 0.15) is 16.0 Å². The largest absolute Gasteiger partial charge is 0.205 e. The summed E-state index contributed by atoms with van der Waals surface area (Å²) < 4.78 is 40.4. The van der Waals surface area contributed by atoms with Crippen LogP contribution in [0.4, 0.5) is 13.2 Å². The normalized spacial score (nSPS) is 12.5. The third-order valence-electron chi connectivity index (χ3n) is 2.75. The minimum absolute atomic E-state index is 0.00154. The van der Waals surface area contributed by atoms with Gasteiger partial charge in [-0.3, -0.25) is 0 Å². The molecule has 0 aliphatic heterocycles. The van der Waals surface area contributed by atoms with E-state index in [1.54, 1.807) is 12.1 Å². The van der Waals surface area contributed by atoms with Gasteiger partial charge in [-0.2, -0.15) is 0 Å². The minimum atomic E-state index is -0.913. The molecular weight excluding hydrogens is 341 g/mol. The molecule has 2 aromatic carbocycles. The zero-order chi connectivity index (χ0) is 14.0. The molecule has 0 amide bonds. The van der Waals surface area contributed by atoms with Crippen LogP contribution in [0, 0.1) is 17.5 Å². The van der Waals surface area contributed by atoms with Gasteiger partial charge in [-0.05, 0) is 24.1 Å². The summed E-state index contributed by atoms with van der Waals surface area (Å²) in [6, 6.07) is 8.52. The van der Waals surface area contributed by atoms with Crippen LogP contribution < -0.4 is 0 Å². The highest BCUT2D eigenvalue weighted by atomic mass is 79.9. The molecular formula is C14H9BrClF3. The van der Waals surface area contributed by atoms with Crippen molar-refractivity contribution in [3.63, 3.8) is 0 Å². The molecule has 0 N–H and O–H groups in total. The second kappa shape index (κ2) is 5.97. The van der Waals surface area contributed by atoms with E-state index in [0.29, 0.717) is 5.56 Å². The van der Waals surface area contributed by atoms with Crippen molar-refractivity contribution >= 4 is 27.5 Å². The quantitative estimate of drug-likeness (QED) is 0.648. The van der Waals surface area contributed by atoms with Gasteiger partial charge in [0, 0.05) is 10.4 Å². The molecule has 0 aliphatic rings. The molecule has 0 saturated carbocycles. The Kier molecular flexibility index (Phi) is 4.53.